The van der Waals surface area contributed by atoms with E-state index in [1.165, 1.54) is 16.8 Å². The number of hydrogen-bond acceptors (Lipinski definition) is 2. The maximum absolute atomic E-state index is 3.38. The molecule has 0 unspecified atom stereocenters. The first kappa shape index (κ1) is 13.0. The normalized spacial score (nSPS) is 10.5. The number of aryl methyl sites for hydroxylation is 2. The minimum absolute atomic E-state index is 1.05. The number of hydrogen-bond donors (Lipinski definition) is 1. The van der Waals surface area contributed by atoms with Gasteiger partial charge in [-0.3, -0.25) is 0 Å². The summed E-state index contributed by atoms with van der Waals surface area (Å²) in [7, 11) is 0. The molecule has 0 bridgehead atoms. The zero-order valence-electron chi connectivity index (χ0n) is 11.0. The van der Waals surface area contributed by atoms with Crippen molar-refractivity contribution in [3.8, 4) is 0 Å². The highest BCUT2D eigenvalue weighted by molar-refractivity contribution is 5.58. The third-order valence-corrected chi connectivity index (χ3v) is 2.95. The molecule has 16 heavy (non-hydrogen) atoms. The highest BCUT2D eigenvalue weighted by Crippen LogP contribution is 2.23. The van der Waals surface area contributed by atoms with Gasteiger partial charge in [0.1, 0.15) is 0 Å². The minimum atomic E-state index is 1.05. The summed E-state index contributed by atoms with van der Waals surface area (Å²) in [5.74, 6) is 0. The molecule has 0 saturated heterocycles. The SMILES string of the molecule is CCNCCN(CC)c1c(C)cccc1C. The Bertz CT molecular complexity index is 300. The zero-order valence-corrected chi connectivity index (χ0v) is 11.0. The van der Waals surface area contributed by atoms with Gasteiger partial charge in [0.05, 0.1) is 0 Å². The number of nitrogens with one attached hydrogen (secondary N) is 1. The molecule has 0 radical (unpaired) electrons. The van der Waals surface area contributed by atoms with Gasteiger partial charge in [-0.25, -0.2) is 0 Å². The van der Waals surface area contributed by atoms with E-state index in [2.05, 4.69) is 56.1 Å². The van der Waals surface area contributed by atoms with Gasteiger partial charge in [-0.1, -0.05) is 25.1 Å². The number of para-hydroxylation sites is 1. The Kier molecular flexibility index (Phi) is 5.33. The van der Waals surface area contributed by atoms with Crippen LogP contribution >= 0.6 is 0 Å². The van der Waals surface area contributed by atoms with E-state index in [1.54, 1.807) is 0 Å². The summed E-state index contributed by atoms with van der Waals surface area (Å²) in [5, 5.41) is 3.38. The lowest BCUT2D eigenvalue weighted by atomic mass is 10.1. The Morgan fingerprint density at radius 1 is 1.12 bits per heavy atom. The van der Waals surface area contributed by atoms with Gasteiger partial charge in [0.2, 0.25) is 0 Å². The number of rotatable bonds is 6. The summed E-state index contributed by atoms with van der Waals surface area (Å²) in [6, 6.07) is 6.52. The van der Waals surface area contributed by atoms with E-state index >= 15 is 0 Å². The molecule has 0 fully saturated rings. The van der Waals surface area contributed by atoms with Crippen LogP contribution in [0.2, 0.25) is 0 Å². The standard InChI is InChI=1S/C14H24N2/c1-5-15-10-11-16(6-2)14-12(3)8-7-9-13(14)4/h7-9,15H,5-6,10-11H2,1-4H3. The average molecular weight is 220 g/mol. The van der Waals surface area contributed by atoms with E-state index in [0.717, 1.165) is 26.2 Å². The second-order valence-corrected chi connectivity index (χ2v) is 4.17. The Morgan fingerprint density at radius 3 is 2.25 bits per heavy atom. The van der Waals surface area contributed by atoms with E-state index in [0.29, 0.717) is 0 Å². The van der Waals surface area contributed by atoms with Crippen LogP contribution in [0.3, 0.4) is 0 Å². The molecule has 1 rings (SSSR count). The molecule has 0 saturated carbocycles. The molecule has 0 amide bonds. The van der Waals surface area contributed by atoms with Crippen LogP contribution in [-0.2, 0) is 0 Å². The van der Waals surface area contributed by atoms with Gasteiger partial charge < -0.3 is 10.2 Å². The lowest BCUT2D eigenvalue weighted by Gasteiger charge is -2.27. The number of benzene rings is 1. The first-order valence-electron chi connectivity index (χ1n) is 6.22. The monoisotopic (exact) mass is 220 g/mol. The van der Waals surface area contributed by atoms with Gasteiger partial charge in [0, 0.05) is 25.3 Å². The highest BCUT2D eigenvalue weighted by Gasteiger charge is 2.09. The molecule has 1 N–H and O–H groups in total. The first-order chi connectivity index (χ1) is 7.70. The Morgan fingerprint density at radius 2 is 1.75 bits per heavy atom. The van der Waals surface area contributed by atoms with Crippen molar-refractivity contribution >= 4 is 5.69 Å². The smallest absolute Gasteiger partial charge is 0.0425 e. The summed E-state index contributed by atoms with van der Waals surface area (Å²) in [6.07, 6.45) is 0. The van der Waals surface area contributed by atoms with Crippen molar-refractivity contribution in [2.24, 2.45) is 0 Å². The van der Waals surface area contributed by atoms with Gasteiger partial charge in [-0.2, -0.15) is 0 Å². The topological polar surface area (TPSA) is 15.3 Å². The zero-order chi connectivity index (χ0) is 12.0. The van der Waals surface area contributed by atoms with E-state index in [1.807, 2.05) is 0 Å². The predicted octanol–water partition coefficient (Wildman–Crippen LogP) is 2.74. The van der Waals surface area contributed by atoms with E-state index in [4.69, 9.17) is 0 Å². The van der Waals surface area contributed by atoms with E-state index in [9.17, 15) is 0 Å². The molecular weight excluding hydrogens is 196 g/mol. The summed E-state index contributed by atoms with van der Waals surface area (Å²) in [6.45, 7) is 13.0. The summed E-state index contributed by atoms with van der Waals surface area (Å²) in [4.78, 5) is 2.45. The van der Waals surface area contributed by atoms with Crippen LogP contribution in [0.25, 0.3) is 0 Å². The quantitative estimate of drug-likeness (QED) is 0.742. The predicted molar refractivity (Wildman–Crippen MR) is 72.3 cm³/mol. The second-order valence-electron chi connectivity index (χ2n) is 4.17. The van der Waals surface area contributed by atoms with Gasteiger partial charge in [-0.15, -0.1) is 0 Å². The van der Waals surface area contributed by atoms with Crippen molar-refractivity contribution in [2.45, 2.75) is 27.7 Å². The summed E-state index contributed by atoms with van der Waals surface area (Å²) >= 11 is 0. The fourth-order valence-corrected chi connectivity index (χ4v) is 2.12. The first-order valence-corrected chi connectivity index (χ1v) is 6.22. The third-order valence-electron chi connectivity index (χ3n) is 2.95. The van der Waals surface area contributed by atoms with Crippen molar-refractivity contribution in [2.75, 3.05) is 31.1 Å². The molecular formula is C14H24N2. The highest BCUT2D eigenvalue weighted by atomic mass is 15.1. The van der Waals surface area contributed by atoms with Crippen LogP contribution in [-0.4, -0.2) is 26.2 Å². The second kappa shape index (κ2) is 6.54. The minimum Gasteiger partial charge on any atom is -0.370 e. The molecule has 0 aromatic heterocycles. The van der Waals surface area contributed by atoms with Gasteiger partial charge >= 0.3 is 0 Å². The van der Waals surface area contributed by atoms with Crippen LogP contribution in [0.1, 0.15) is 25.0 Å². The van der Waals surface area contributed by atoms with Crippen molar-refractivity contribution in [1.82, 2.24) is 5.32 Å². The third kappa shape index (κ3) is 3.24. The van der Waals surface area contributed by atoms with Crippen LogP contribution in [0.15, 0.2) is 18.2 Å². The Balaban J connectivity index is 2.78. The van der Waals surface area contributed by atoms with Crippen LogP contribution in [0, 0.1) is 13.8 Å². The molecule has 1 aromatic rings. The number of likely N-dealkylation sites (N-methyl/N-ethyl adjacent to an activating group) is 2. The van der Waals surface area contributed by atoms with Gasteiger partial charge in [0.25, 0.3) is 0 Å². The van der Waals surface area contributed by atoms with Crippen molar-refractivity contribution in [1.29, 1.82) is 0 Å². The summed E-state index contributed by atoms with van der Waals surface area (Å²) in [5.41, 5.74) is 4.15. The van der Waals surface area contributed by atoms with Gasteiger partial charge in [0.15, 0.2) is 0 Å². The molecule has 0 atom stereocenters. The Labute approximate surface area is 99.7 Å². The number of nitrogens with zero attached hydrogens (tertiary/aromatic N) is 1. The summed E-state index contributed by atoms with van der Waals surface area (Å²) < 4.78 is 0. The van der Waals surface area contributed by atoms with Crippen LogP contribution in [0.4, 0.5) is 5.69 Å². The van der Waals surface area contributed by atoms with E-state index < -0.39 is 0 Å². The fraction of sp³-hybridized carbons (Fsp3) is 0.571. The van der Waals surface area contributed by atoms with Gasteiger partial charge in [-0.05, 0) is 38.4 Å². The molecule has 2 heteroatoms. The molecule has 0 aliphatic carbocycles. The fourth-order valence-electron chi connectivity index (χ4n) is 2.12. The molecule has 0 aliphatic rings. The Hall–Kier alpha value is -1.02. The largest absolute Gasteiger partial charge is 0.370 e. The lowest BCUT2D eigenvalue weighted by Crippen LogP contribution is -2.32. The van der Waals surface area contributed by atoms with Crippen LogP contribution in [0.5, 0.6) is 0 Å². The van der Waals surface area contributed by atoms with Crippen molar-refractivity contribution in [3.63, 3.8) is 0 Å². The lowest BCUT2D eigenvalue weighted by molar-refractivity contribution is 0.686. The van der Waals surface area contributed by atoms with Crippen LogP contribution < -0.4 is 10.2 Å². The average Bonchev–Trinajstić information content (AvgIpc) is 2.26. The maximum Gasteiger partial charge on any atom is 0.0425 e. The van der Waals surface area contributed by atoms with Crippen molar-refractivity contribution in [3.05, 3.63) is 29.3 Å². The molecule has 1 aromatic carbocycles. The molecule has 0 heterocycles. The van der Waals surface area contributed by atoms with E-state index in [-0.39, 0.29) is 0 Å². The van der Waals surface area contributed by atoms with Crippen molar-refractivity contribution < 1.29 is 0 Å². The molecule has 90 valence electrons. The number of anilines is 1. The molecule has 0 spiro atoms. The molecule has 2 nitrogen and oxygen atoms in total. The maximum atomic E-state index is 3.38. The molecule has 0 aliphatic heterocycles.